The Bertz CT molecular complexity index is 937. The monoisotopic (exact) mass is 461 g/mol. The molecule has 1 aromatic rings. The molecule has 0 saturated carbocycles. The molecular weight excluding hydrogens is 430 g/mol. The van der Waals surface area contributed by atoms with Gasteiger partial charge in [-0.05, 0) is 31.9 Å². The van der Waals surface area contributed by atoms with Crippen molar-refractivity contribution >= 4 is 12.2 Å². The molecule has 3 atom stereocenters. The summed E-state index contributed by atoms with van der Waals surface area (Å²) in [5.41, 5.74) is 4.20. The second kappa shape index (κ2) is 9.48. The van der Waals surface area contributed by atoms with E-state index in [0.717, 1.165) is 16.1 Å². The first-order valence-corrected chi connectivity index (χ1v) is 11.3. The maximum absolute atomic E-state index is 12.5. The summed E-state index contributed by atoms with van der Waals surface area (Å²) in [6, 6.07) is 3.89. The Labute approximate surface area is 193 Å². The number of nitrogens with zero attached hydrogens (tertiary/aromatic N) is 2. The molecule has 4 rings (SSSR count). The molecule has 2 unspecified atom stereocenters. The van der Waals surface area contributed by atoms with E-state index in [4.69, 9.17) is 18.9 Å². The van der Waals surface area contributed by atoms with Gasteiger partial charge in [-0.15, -0.1) is 0 Å². The number of rotatable bonds is 5. The van der Waals surface area contributed by atoms with E-state index in [1.807, 2.05) is 18.2 Å². The van der Waals surface area contributed by atoms with Crippen LogP contribution in [0.2, 0.25) is 0 Å². The highest BCUT2D eigenvalue weighted by molar-refractivity contribution is 5.73. The zero-order valence-electron chi connectivity index (χ0n) is 19.2. The van der Waals surface area contributed by atoms with E-state index in [1.54, 1.807) is 21.0 Å². The summed E-state index contributed by atoms with van der Waals surface area (Å²) in [6.45, 7) is 5.03. The van der Waals surface area contributed by atoms with Gasteiger partial charge in [0.1, 0.15) is 6.10 Å². The number of carbonyl (C=O) groups is 2. The fourth-order valence-electron chi connectivity index (χ4n) is 4.93. The predicted molar refractivity (Wildman–Crippen MR) is 118 cm³/mol. The van der Waals surface area contributed by atoms with Crippen molar-refractivity contribution in [1.82, 2.24) is 15.3 Å². The quantitative estimate of drug-likeness (QED) is 0.508. The van der Waals surface area contributed by atoms with Crippen LogP contribution in [0.4, 0.5) is 9.59 Å². The van der Waals surface area contributed by atoms with E-state index in [2.05, 4.69) is 16.4 Å². The van der Waals surface area contributed by atoms with E-state index in [9.17, 15) is 14.7 Å². The summed E-state index contributed by atoms with van der Waals surface area (Å²) in [6.07, 6.45) is 2.96. The van der Waals surface area contributed by atoms with E-state index >= 15 is 0 Å². The SMILES string of the molecule is CCOC(=O)NN(CN1CCC23C=C[C@H](O)CC2Oc2c(OC)ccc(c23)C1)C(=O)OCC. The van der Waals surface area contributed by atoms with Crippen LogP contribution in [0.25, 0.3) is 0 Å². The summed E-state index contributed by atoms with van der Waals surface area (Å²) in [5, 5.41) is 11.3. The van der Waals surface area contributed by atoms with Crippen LogP contribution >= 0.6 is 0 Å². The van der Waals surface area contributed by atoms with E-state index in [0.29, 0.717) is 37.4 Å². The third kappa shape index (κ3) is 4.32. The summed E-state index contributed by atoms with van der Waals surface area (Å²) in [4.78, 5) is 26.6. The predicted octanol–water partition coefficient (Wildman–Crippen LogP) is 2.30. The van der Waals surface area contributed by atoms with Gasteiger partial charge in [0.05, 0.1) is 38.5 Å². The Morgan fingerprint density at radius 2 is 2.09 bits per heavy atom. The molecule has 2 aliphatic heterocycles. The standard InChI is InChI=1S/C23H31N3O7/c1-4-31-21(28)24-26(22(29)32-5-2)14-25-11-10-23-9-8-16(27)12-18(23)33-20-17(30-3)7-6-15(13-25)19(20)23/h6-9,16,18,27H,4-5,10-14H2,1-3H3,(H,24,28)/t16-,18?,23?/m0/s1. The Morgan fingerprint density at radius 1 is 1.30 bits per heavy atom. The number of aliphatic hydroxyl groups is 1. The zero-order chi connectivity index (χ0) is 23.6. The molecule has 0 fully saturated rings. The molecule has 3 aliphatic rings. The van der Waals surface area contributed by atoms with Crippen LogP contribution in [0.5, 0.6) is 11.5 Å². The maximum Gasteiger partial charge on any atom is 0.430 e. The number of aliphatic hydroxyl groups excluding tert-OH is 1. The van der Waals surface area contributed by atoms with Gasteiger partial charge in [0.2, 0.25) is 0 Å². The van der Waals surface area contributed by atoms with Crippen molar-refractivity contribution in [2.75, 3.05) is 33.5 Å². The highest BCUT2D eigenvalue weighted by Crippen LogP contribution is 2.55. The van der Waals surface area contributed by atoms with Crippen LogP contribution in [0.3, 0.4) is 0 Å². The van der Waals surface area contributed by atoms with E-state index in [1.165, 1.54) is 0 Å². The minimum atomic E-state index is -0.719. The van der Waals surface area contributed by atoms with Crippen LogP contribution in [-0.2, 0) is 21.4 Å². The van der Waals surface area contributed by atoms with Crippen LogP contribution in [0, 0.1) is 0 Å². The lowest BCUT2D eigenvalue weighted by Crippen LogP contribution is -2.52. The minimum Gasteiger partial charge on any atom is -0.493 e. The maximum atomic E-state index is 12.5. The van der Waals surface area contributed by atoms with Crippen molar-refractivity contribution in [3.8, 4) is 11.5 Å². The number of hydrazine groups is 1. The Hall–Kier alpha value is -2.98. The van der Waals surface area contributed by atoms with Crippen molar-refractivity contribution < 1.29 is 33.6 Å². The highest BCUT2D eigenvalue weighted by atomic mass is 16.6. The number of methoxy groups -OCH3 is 1. The van der Waals surface area contributed by atoms with Crippen LogP contribution in [-0.4, -0.2) is 72.9 Å². The van der Waals surface area contributed by atoms with Crippen LogP contribution in [0.15, 0.2) is 24.3 Å². The largest absolute Gasteiger partial charge is 0.493 e. The summed E-state index contributed by atoms with van der Waals surface area (Å²) in [7, 11) is 1.61. The molecule has 1 aromatic carbocycles. The lowest BCUT2D eigenvalue weighted by Gasteiger charge is -2.36. The van der Waals surface area contributed by atoms with Crippen LogP contribution < -0.4 is 14.9 Å². The van der Waals surface area contributed by atoms with Gasteiger partial charge in [-0.25, -0.2) is 20.0 Å². The molecule has 0 bridgehead atoms. The average Bonchev–Trinajstić information content (AvgIpc) is 3.03. The van der Waals surface area contributed by atoms with Gasteiger partial charge < -0.3 is 24.1 Å². The molecule has 1 aliphatic carbocycles. The fourth-order valence-corrected chi connectivity index (χ4v) is 4.93. The first-order valence-electron chi connectivity index (χ1n) is 11.3. The average molecular weight is 462 g/mol. The molecule has 10 heteroatoms. The lowest BCUT2D eigenvalue weighted by molar-refractivity contribution is 0.0393. The lowest BCUT2D eigenvalue weighted by atomic mass is 9.69. The van der Waals surface area contributed by atoms with Gasteiger partial charge in [-0.1, -0.05) is 18.2 Å². The van der Waals surface area contributed by atoms with Crippen molar-refractivity contribution in [1.29, 1.82) is 0 Å². The number of amides is 2. The molecule has 2 N–H and O–H groups in total. The Kier molecular flexibility index (Phi) is 6.66. The first-order chi connectivity index (χ1) is 15.9. The third-order valence-corrected chi connectivity index (χ3v) is 6.37. The normalized spacial score (nSPS) is 25.2. The molecule has 2 amide bonds. The van der Waals surface area contributed by atoms with Gasteiger partial charge in [0, 0.05) is 25.1 Å². The summed E-state index contributed by atoms with van der Waals surface area (Å²) >= 11 is 0. The number of nitrogens with one attached hydrogen (secondary N) is 1. The molecule has 180 valence electrons. The van der Waals surface area contributed by atoms with Gasteiger partial charge in [-0.3, -0.25) is 4.90 Å². The summed E-state index contributed by atoms with van der Waals surface area (Å²) < 4.78 is 21.9. The molecule has 0 aromatic heterocycles. The Balaban J connectivity index is 1.64. The molecule has 0 saturated heterocycles. The highest BCUT2D eigenvalue weighted by Gasteiger charge is 2.52. The van der Waals surface area contributed by atoms with Crippen molar-refractivity contribution in [3.05, 3.63) is 35.4 Å². The Morgan fingerprint density at radius 3 is 2.82 bits per heavy atom. The van der Waals surface area contributed by atoms with Gasteiger partial charge in [0.25, 0.3) is 0 Å². The second-order valence-corrected chi connectivity index (χ2v) is 8.34. The van der Waals surface area contributed by atoms with Crippen molar-refractivity contribution in [2.24, 2.45) is 0 Å². The smallest absolute Gasteiger partial charge is 0.430 e. The molecule has 1 spiro atoms. The molecular formula is C23H31N3O7. The van der Waals surface area contributed by atoms with E-state index in [-0.39, 0.29) is 26.0 Å². The molecule has 33 heavy (non-hydrogen) atoms. The van der Waals surface area contributed by atoms with Crippen molar-refractivity contribution in [2.45, 2.75) is 50.9 Å². The van der Waals surface area contributed by atoms with Crippen molar-refractivity contribution in [3.63, 3.8) is 0 Å². The zero-order valence-corrected chi connectivity index (χ0v) is 19.2. The van der Waals surface area contributed by atoms with Gasteiger partial charge >= 0.3 is 12.2 Å². The van der Waals surface area contributed by atoms with Gasteiger partial charge in [-0.2, -0.15) is 0 Å². The van der Waals surface area contributed by atoms with Gasteiger partial charge in [0.15, 0.2) is 11.5 Å². The first kappa shape index (κ1) is 23.2. The minimum absolute atomic E-state index is 0.117. The topological polar surface area (TPSA) is 110 Å². The molecule has 10 nitrogen and oxygen atoms in total. The molecule has 2 heterocycles. The molecule has 0 radical (unpaired) electrons. The number of hydrogen-bond donors (Lipinski definition) is 2. The van der Waals surface area contributed by atoms with E-state index < -0.39 is 23.7 Å². The fraction of sp³-hybridized carbons (Fsp3) is 0.565. The number of carbonyl (C=O) groups excluding carboxylic acids is 2. The number of ether oxygens (including phenoxy) is 4. The summed E-state index contributed by atoms with van der Waals surface area (Å²) in [5.74, 6) is 1.38. The van der Waals surface area contributed by atoms with Crippen LogP contribution in [0.1, 0.15) is 37.8 Å². The second-order valence-electron chi connectivity index (χ2n) is 8.34. The third-order valence-electron chi connectivity index (χ3n) is 6.37. The number of benzene rings is 1. The number of hydrogen-bond acceptors (Lipinski definition) is 8.